The monoisotopic (exact) mass is 222 g/mol. The topological polar surface area (TPSA) is 15.3 Å². The number of hydrogen-bond acceptors (Lipinski definition) is 2. The van der Waals surface area contributed by atoms with Crippen LogP contribution in [0.25, 0.3) is 0 Å². The van der Waals surface area contributed by atoms with Crippen LogP contribution in [0.5, 0.6) is 0 Å². The van der Waals surface area contributed by atoms with Crippen LogP contribution in [0.15, 0.2) is 0 Å². The van der Waals surface area contributed by atoms with Crippen LogP contribution in [-0.4, -0.2) is 36.1 Å². The van der Waals surface area contributed by atoms with E-state index in [2.05, 4.69) is 43.8 Å². The summed E-state index contributed by atoms with van der Waals surface area (Å²) in [5.74, 6) is 3.64. The highest BCUT2D eigenvalue weighted by atomic mass is 15.2. The lowest BCUT2D eigenvalue weighted by Crippen LogP contribution is -2.59. The predicted octanol–water partition coefficient (Wildman–Crippen LogP) is 2.11. The molecule has 1 saturated heterocycles. The highest BCUT2D eigenvalue weighted by Gasteiger charge is 2.30. The summed E-state index contributed by atoms with van der Waals surface area (Å²) in [6, 6.07) is 1.47. The van der Waals surface area contributed by atoms with Gasteiger partial charge in [-0.15, -0.1) is 6.42 Å². The molecule has 0 aliphatic carbocycles. The number of hydrogen-bond donors (Lipinski definition) is 1. The molecular weight excluding hydrogens is 196 g/mol. The van der Waals surface area contributed by atoms with E-state index in [0.29, 0.717) is 24.0 Å². The molecule has 1 fully saturated rings. The lowest BCUT2D eigenvalue weighted by molar-refractivity contribution is 0.0964. The van der Waals surface area contributed by atoms with Crippen LogP contribution in [0.4, 0.5) is 0 Å². The van der Waals surface area contributed by atoms with E-state index in [1.165, 1.54) is 0 Å². The highest BCUT2D eigenvalue weighted by Crippen LogP contribution is 2.17. The number of rotatable bonds is 4. The largest absolute Gasteiger partial charge is 0.311 e. The van der Waals surface area contributed by atoms with Gasteiger partial charge in [-0.2, -0.15) is 0 Å². The van der Waals surface area contributed by atoms with Crippen LogP contribution in [-0.2, 0) is 0 Å². The van der Waals surface area contributed by atoms with Gasteiger partial charge in [-0.3, -0.25) is 4.90 Å². The molecule has 0 aromatic heterocycles. The first-order valence-corrected chi connectivity index (χ1v) is 6.55. The Kier molecular flexibility index (Phi) is 5.31. The molecule has 2 nitrogen and oxygen atoms in total. The molecule has 0 radical (unpaired) electrons. The van der Waals surface area contributed by atoms with Crippen LogP contribution < -0.4 is 5.32 Å². The molecule has 0 amide bonds. The van der Waals surface area contributed by atoms with E-state index in [1.54, 1.807) is 0 Å². The smallest absolute Gasteiger partial charge is 0.0715 e. The van der Waals surface area contributed by atoms with Crippen molar-refractivity contribution in [2.45, 2.75) is 58.7 Å². The van der Waals surface area contributed by atoms with Crippen LogP contribution in [0, 0.1) is 18.3 Å². The Bertz CT molecular complexity index is 242. The van der Waals surface area contributed by atoms with E-state index in [1.807, 2.05) is 0 Å². The third-order valence-electron chi connectivity index (χ3n) is 3.61. The maximum absolute atomic E-state index is 5.66. The molecule has 0 spiro atoms. The SMILES string of the molecule is C#CC(CCC)N1CC(C(C)C)NCC1C. The Labute approximate surface area is 101 Å². The van der Waals surface area contributed by atoms with Gasteiger partial charge in [0.2, 0.25) is 0 Å². The third kappa shape index (κ3) is 3.23. The minimum absolute atomic E-state index is 0.323. The van der Waals surface area contributed by atoms with Crippen molar-refractivity contribution in [2.75, 3.05) is 13.1 Å². The average molecular weight is 222 g/mol. The molecular formula is C14H26N2. The summed E-state index contributed by atoms with van der Waals surface area (Å²) in [4.78, 5) is 2.50. The Morgan fingerprint density at radius 3 is 2.69 bits per heavy atom. The van der Waals surface area contributed by atoms with Crippen molar-refractivity contribution >= 4 is 0 Å². The van der Waals surface area contributed by atoms with Crippen LogP contribution in [0.3, 0.4) is 0 Å². The number of terminal acetylenes is 1. The van der Waals surface area contributed by atoms with Crippen molar-refractivity contribution in [3.63, 3.8) is 0 Å². The van der Waals surface area contributed by atoms with Crippen molar-refractivity contribution in [2.24, 2.45) is 5.92 Å². The molecule has 16 heavy (non-hydrogen) atoms. The fraction of sp³-hybridized carbons (Fsp3) is 0.857. The van der Waals surface area contributed by atoms with Gasteiger partial charge in [-0.05, 0) is 19.3 Å². The summed E-state index contributed by atoms with van der Waals surface area (Å²) < 4.78 is 0. The zero-order valence-corrected chi connectivity index (χ0v) is 11.2. The van der Waals surface area contributed by atoms with E-state index >= 15 is 0 Å². The van der Waals surface area contributed by atoms with Gasteiger partial charge >= 0.3 is 0 Å². The van der Waals surface area contributed by atoms with E-state index < -0.39 is 0 Å². The molecule has 1 aliphatic heterocycles. The van der Waals surface area contributed by atoms with Crippen molar-refractivity contribution in [3.05, 3.63) is 0 Å². The van der Waals surface area contributed by atoms with Gasteiger partial charge in [0.15, 0.2) is 0 Å². The zero-order valence-electron chi connectivity index (χ0n) is 11.2. The average Bonchev–Trinajstić information content (AvgIpc) is 2.26. The van der Waals surface area contributed by atoms with E-state index in [4.69, 9.17) is 6.42 Å². The Hall–Kier alpha value is -0.520. The summed E-state index contributed by atoms with van der Waals surface area (Å²) in [5.41, 5.74) is 0. The Morgan fingerprint density at radius 1 is 1.50 bits per heavy atom. The minimum atomic E-state index is 0.323. The van der Waals surface area contributed by atoms with Crippen molar-refractivity contribution in [1.82, 2.24) is 10.2 Å². The summed E-state index contributed by atoms with van der Waals surface area (Å²) in [5, 5.41) is 3.61. The summed E-state index contributed by atoms with van der Waals surface area (Å²) in [6.07, 6.45) is 7.94. The van der Waals surface area contributed by atoms with Crippen LogP contribution in [0.2, 0.25) is 0 Å². The Morgan fingerprint density at radius 2 is 2.19 bits per heavy atom. The molecule has 1 rings (SSSR count). The maximum atomic E-state index is 5.66. The minimum Gasteiger partial charge on any atom is -0.311 e. The van der Waals surface area contributed by atoms with Crippen molar-refractivity contribution < 1.29 is 0 Å². The van der Waals surface area contributed by atoms with Gasteiger partial charge in [0.1, 0.15) is 0 Å². The predicted molar refractivity (Wildman–Crippen MR) is 70.3 cm³/mol. The van der Waals surface area contributed by atoms with Gasteiger partial charge in [0.25, 0.3) is 0 Å². The standard InChI is InChI=1S/C14H26N2/c1-6-8-13(7-2)16-10-14(11(3)4)15-9-12(16)5/h2,11-15H,6,8-10H2,1,3-5H3. The number of piperazine rings is 1. The van der Waals surface area contributed by atoms with Crippen LogP contribution >= 0.6 is 0 Å². The first-order valence-electron chi connectivity index (χ1n) is 6.55. The molecule has 0 aromatic rings. The molecule has 1 aliphatic rings. The van der Waals surface area contributed by atoms with Gasteiger partial charge < -0.3 is 5.32 Å². The summed E-state index contributed by atoms with van der Waals surface area (Å²) in [7, 11) is 0. The van der Waals surface area contributed by atoms with Gasteiger partial charge in [-0.25, -0.2) is 0 Å². The van der Waals surface area contributed by atoms with Gasteiger partial charge in [0, 0.05) is 25.2 Å². The molecule has 1 N–H and O–H groups in total. The quantitative estimate of drug-likeness (QED) is 0.733. The normalized spacial score (nSPS) is 29.0. The summed E-state index contributed by atoms with van der Waals surface area (Å²) in [6.45, 7) is 11.2. The number of nitrogens with zero attached hydrogens (tertiary/aromatic N) is 1. The van der Waals surface area contributed by atoms with E-state index in [0.717, 1.165) is 25.9 Å². The molecule has 1 heterocycles. The van der Waals surface area contributed by atoms with Gasteiger partial charge in [0.05, 0.1) is 6.04 Å². The van der Waals surface area contributed by atoms with E-state index in [-0.39, 0.29) is 0 Å². The first-order chi connectivity index (χ1) is 7.60. The van der Waals surface area contributed by atoms with Gasteiger partial charge in [-0.1, -0.05) is 33.1 Å². The molecule has 0 aromatic carbocycles. The Balaban J connectivity index is 2.64. The molecule has 3 unspecified atom stereocenters. The lowest BCUT2D eigenvalue weighted by atomic mass is 9.97. The maximum Gasteiger partial charge on any atom is 0.0715 e. The second-order valence-corrected chi connectivity index (χ2v) is 5.28. The fourth-order valence-electron chi connectivity index (χ4n) is 2.41. The molecule has 92 valence electrons. The first kappa shape index (κ1) is 13.5. The second-order valence-electron chi connectivity index (χ2n) is 5.28. The lowest BCUT2D eigenvalue weighted by Gasteiger charge is -2.43. The number of nitrogens with one attached hydrogen (secondary N) is 1. The molecule has 0 saturated carbocycles. The zero-order chi connectivity index (χ0) is 12.1. The van der Waals surface area contributed by atoms with Crippen molar-refractivity contribution in [1.29, 1.82) is 0 Å². The third-order valence-corrected chi connectivity index (χ3v) is 3.61. The summed E-state index contributed by atoms with van der Waals surface area (Å²) >= 11 is 0. The second kappa shape index (κ2) is 6.27. The fourth-order valence-corrected chi connectivity index (χ4v) is 2.41. The molecule has 2 heteroatoms. The van der Waals surface area contributed by atoms with Crippen LogP contribution in [0.1, 0.15) is 40.5 Å². The highest BCUT2D eigenvalue weighted by molar-refractivity contribution is 5.03. The van der Waals surface area contributed by atoms with Crippen molar-refractivity contribution in [3.8, 4) is 12.3 Å². The molecule has 0 bridgehead atoms. The van der Waals surface area contributed by atoms with E-state index in [9.17, 15) is 0 Å². The molecule has 3 atom stereocenters.